The van der Waals surface area contributed by atoms with Crippen LogP contribution in [0.15, 0.2) is 0 Å². The molecule has 0 unspecified atom stereocenters. The number of aromatic nitrogens is 5. The molecule has 0 aliphatic carbocycles. The molecule has 0 fully saturated rings. The first-order chi connectivity index (χ1) is 8.99. The van der Waals surface area contributed by atoms with Gasteiger partial charge in [-0.05, 0) is 32.0 Å². The van der Waals surface area contributed by atoms with E-state index in [4.69, 9.17) is 12.2 Å². The molecule has 0 spiro atoms. The summed E-state index contributed by atoms with van der Waals surface area (Å²) in [4.78, 5) is 0. The SMILES string of the molecule is Cc1nnc2n(NC(=S)NCC(C)C)c(C)nnc1-2. The van der Waals surface area contributed by atoms with Gasteiger partial charge in [-0.15, -0.1) is 15.3 Å². The first kappa shape index (κ1) is 13.6. The first-order valence-corrected chi connectivity index (χ1v) is 6.49. The van der Waals surface area contributed by atoms with E-state index in [1.54, 1.807) is 4.68 Å². The van der Waals surface area contributed by atoms with E-state index in [1.807, 2.05) is 13.8 Å². The van der Waals surface area contributed by atoms with Gasteiger partial charge < -0.3 is 5.32 Å². The Morgan fingerprint density at radius 3 is 2.63 bits per heavy atom. The Bertz CT molecular complexity index is 563. The standard InChI is InChI=1S/C11H17N7S/c1-6(2)5-12-11(19)17-18-8(4)14-15-9-7(3)13-16-10(9)18/h6H,5H2,1-4H3,(H2,12,17,19). The van der Waals surface area contributed by atoms with Gasteiger partial charge >= 0.3 is 0 Å². The number of rotatable bonds is 3. The molecule has 0 amide bonds. The zero-order valence-corrected chi connectivity index (χ0v) is 12.2. The van der Waals surface area contributed by atoms with E-state index in [1.165, 1.54) is 0 Å². The maximum absolute atomic E-state index is 5.24. The number of aryl methyl sites for hydroxylation is 2. The minimum Gasteiger partial charge on any atom is -0.361 e. The third kappa shape index (κ3) is 2.95. The molecule has 2 N–H and O–H groups in total. The summed E-state index contributed by atoms with van der Waals surface area (Å²) in [5, 5.41) is 19.9. The third-order valence-corrected chi connectivity index (χ3v) is 2.80. The van der Waals surface area contributed by atoms with Gasteiger partial charge in [0, 0.05) is 6.54 Å². The van der Waals surface area contributed by atoms with Crippen LogP contribution in [0.3, 0.4) is 0 Å². The maximum Gasteiger partial charge on any atom is 0.205 e. The molecule has 2 rings (SSSR count). The van der Waals surface area contributed by atoms with Crippen LogP contribution in [0.4, 0.5) is 0 Å². The summed E-state index contributed by atoms with van der Waals surface area (Å²) in [6, 6.07) is 0. The molecule has 7 nitrogen and oxygen atoms in total. The molecule has 8 heteroatoms. The Labute approximate surface area is 117 Å². The lowest BCUT2D eigenvalue weighted by atomic mass is 10.2. The number of fused-ring (bicyclic) bond motifs is 1. The summed E-state index contributed by atoms with van der Waals surface area (Å²) in [5.74, 6) is 1.81. The van der Waals surface area contributed by atoms with Gasteiger partial charge in [0.25, 0.3) is 0 Å². The van der Waals surface area contributed by atoms with E-state index >= 15 is 0 Å². The quantitative estimate of drug-likeness (QED) is 0.807. The minimum absolute atomic E-state index is 0.516. The molecule has 0 bridgehead atoms. The number of hydrogen-bond donors (Lipinski definition) is 2. The Hall–Kier alpha value is -1.83. The fourth-order valence-corrected chi connectivity index (χ4v) is 1.71. The van der Waals surface area contributed by atoms with Crippen molar-refractivity contribution in [3.63, 3.8) is 0 Å². The predicted octanol–water partition coefficient (Wildman–Crippen LogP) is 0.864. The largest absolute Gasteiger partial charge is 0.361 e. The topological polar surface area (TPSA) is 80.5 Å². The van der Waals surface area contributed by atoms with E-state index in [-0.39, 0.29) is 0 Å². The van der Waals surface area contributed by atoms with E-state index in [0.29, 0.717) is 28.4 Å². The van der Waals surface area contributed by atoms with Crippen LogP contribution in [0, 0.1) is 19.8 Å². The average Bonchev–Trinajstić information content (AvgIpc) is 2.72. The third-order valence-electron chi connectivity index (χ3n) is 2.56. The highest BCUT2D eigenvalue weighted by Crippen LogP contribution is 2.18. The summed E-state index contributed by atoms with van der Waals surface area (Å²) < 4.78 is 1.69. The van der Waals surface area contributed by atoms with Gasteiger partial charge in [-0.2, -0.15) is 5.10 Å². The van der Waals surface area contributed by atoms with E-state index < -0.39 is 0 Å². The zero-order valence-electron chi connectivity index (χ0n) is 11.4. The highest BCUT2D eigenvalue weighted by molar-refractivity contribution is 7.80. The molecule has 2 aliphatic heterocycles. The van der Waals surface area contributed by atoms with Crippen molar-refractivity contribution in [2.24, 2.45) is 5.92 Å². The lowest BCUT2D eigenvalue weighted by Crippen LogP contribution is -2.37. The normalized spacial score (nSPS) is 11.0. The van der Waals surface area contributed by atoms with Crippen LogP contribution in [0.5, 0.6) is 0 Å². The molecule has 0 radical (unpaired) electrons. The zero-order chi connectivity index (χ0) is 14.0. The molecule has 0 aromatic rings. The van der Waals surface area contributed by atoms with Gasteiger partial charge in [-0.1, -0.05) is 13.8 Å². The van der Waals surface area contributed by atoms with Gasteiger partial charge in [0.15, 0.2) is 10.8 Å². The molecular formula is C11H17N7S. The fourth-order valence-electron chi connectivity index (χ4n) is 1.54. The Morgan fingerprint density at radius 1 is 1.21 bits per heavy atom. The number of nitrogens with one attached hydrogen (secondary N) is 2. The Balaban J connectivity index is 2.20. The van der Waals surface area contributed by atoms with Crippen molar-refractivity contribution in [3.8, 4) is 11.5 Å². The van der Waals surface area contributed by atoms with Crippen molar-refractivity contribution in [2.45, 2.75) is 27.7 Å². The highest BCUT2D eigenvalue weighted by atomic mass is 32.1. The number of thiocarbonyl (C=S) groups is 1. The van der Waals surface area contributed by atoms with Crippen molar-refractivity contribution < 1.29 is 0 Å². The number of nitrogens with zero attached hydrogens (tertiary/aromatic N) is 5. The second-order valence-electron chi connectivity index (χ2n) is 4.76. The van der Waals surface area contributed by atoms with Crippen LogP contribution in [0.2, 0.25) is 0 Å². The predicted molar refractivity (Wildman–Crippen MR) is 76.5 cm³/mol. The van der Waals surface area contributed by atoms with Gasteiger partial charge in [-0.25, -0.2) is 4.68 Å². The second-order valence-corrected chi connectivity index (χ2v) is 5.16. The monoisotopic (exact) mass is 279 g/mol. The van der Waals surface area contributed by atoms with Gasteiger partial charge in [0.1, 0.15) is 5.82 Å². The van der Waals surface area contributed by atoms with Crippen LogP contribution >= 0.6 is 12.2 Å². The molecule has 0 saturated heterocycles. The van der Waals surface area contributed by atoms with Gasteiger partial charge in [0.05, 0.1) is 5.69 Å². The molecular weight excluding hydrogens is 262 g/mol. The van der Waals surface area contributed by atoms with Gasteiger partial charge in [0.2, 0.25) is 5.82 Å². The molecule has 19 heavy (non-hydrogen) atoms. The minimum atomic E-state index is 0.516. The Morgan fingerprint density at radius 2 is 1.95 bits per heavy atom. The lowest BCUT2D eigenvalue weighted by Gasteiger charge is -2.17. The van der Waals surface area contributed by atoms with Crippen LogP contribution in [-0.4, -0.2) is 36.7 Å². The maximum atomic E-state index is 5.24. The second kappa shape index (κ2) is 5.43. The van der Waals surface area contributed by atoms with Crippen molar-refractivity contribution in [3.05, 3.63) is 11.5 Å². The lowest BCUT2D eigenvalue weighted by molar-refractivity contribution is 0.624. The molecule has 102 valence electrons. The summed E-state index contributed by atoms with van der Waals surface area (Å²) in [6.45, 7) is 8.71. The van der Waals surface area contributed by atoms with Gasteiger partial charge in [-0.3, -0.25) is 5.43 Å². The van der Waals surface area contributed by atoms with E-state index in [0.717, 1.165) is 12.2 Å². The van der Waals surface area contributed by atoms with E-state index in [9.17, 15) is 0 Å². The number of hydrogen-bond acceptors (Lipinski definition) is 5. The molecule has 0 aromatic heterocycles. The van der Waals surface area contributed by atoms with Crippen molar-refractivity contribution in [1.29, 1.82) is 0 Å². The molecule has 0 atom stereocenters. The highest BCUT2D eigenvalue weighted by Gasteiger charge is 2.18. The van der Waals surface area contributed by atoms with Crippen LogP contribution < -0.4 is 10.7 Å². The smallest absolute Gasteiger partial charge is 0.205 e. The summed E-state index contributed by atoms with van der Waals surface area (Å²) in [5.41, 5.74) is 4.47. The summed E-state index contributed by atoms with van der Waals surface area (Å²) in [6.07, 6.45) is 0. The molecule has 2 heterocycles. The van der Waals surface area contributed by atoms with Crippen LogP contribution in [-0.2, 0) is 0 Å². The molecule has 0 aromatic carbocycles. The van der Waals surface area contributed by atoms with Crippen molar-refractivity contribution >= 4 is 17.3 Å². The van der Waals surface area contributed by atoms with Crippen molar-refractivity contribution in [1.82, 2.24) is 30.4 Å². The summed E-state index contributed by atoms with van der Waals surface area (Å²) >= 11 is 5.24. The Kier molecular flexibility index (Phi) is 3.89. The van der Waals surface area contributed by atoms with Crippen LogP contribution in [0.1, 0.15) is 25.4 Å². The average molecular weight is 279 g/mol. The van der Waals surface area contributed by atoms with Crippen LogP contribution in [0.25, 0.3) is 11.5 Å². The molecule has 2 aliphatic rings. The summed E-state index contributed by atoms with van der Waals surface area (Å²) in [7, 11) is 0. The van der Waals surface area contributed by atoms with Crippen molar-refractivity contribution in [2.75, 3.05) is 12.0 Å². The molecule has 0 saturated carbocycles. The first-order valence-electron chi connectivity index (χ1n) is 6.09. The fraction of sp³-hybridized carbons (Fsp3) is 0.545. The van der Waals surface area contributed by atoms with E-state index in [2.05, 4.69) is 45.0 Å².